The average Bonchev–Trinajstić information content (AvgIpc) is 2.36. The minimum Gasteiger partial charge on any atom is -0.365 e. The lowest BCUT2D eigenvalue weighted by atomic mass is 10.1. The predicted molar refractivity (Wildman–Crippen MR) is 82.1 cm³/mol. The number of anilines is 3. The van der Waals surface area contributed by atoms with E-state index in [1.165, 1.54) is 12.1 Å². The zero-order valence-corrected chi connectivity index (χ0v) is 12.3. The van der Waals surface area contributed by atoms with Crippen LogP contribution in [0.5, 0.6) is 0 Å². The fourth-order valence-electron chi connectivity index (χ4n) is 1.88. The number of halogens is 1. The molecule has 1 heterocycles. The Hall–Kier alpha value is -2.10. The number of nitrogens with zero attached hydrogens (tertiary/aromatic N) is 2. The second-order valence-corrected chi connectivity index (χ2v) is 5.79. The maximum absolute atomic E-state index is 13.3. The monoisotopic (exact) mass is 273 g/mol. The van der Waals surface area contributed by atoms with Crippen LogP contribution in [0, 0.1) is 5.82 Å². The molecule has 106 valence electrons. The summed E-state index contributed by atoms with van der Waals surface area (Å²) in [5.74, 6) is 1.32. The summed E-state index contributed by atoms with van der Waals surface area (Å²) in [7, 11) is 1.87. The molecule has 4 heteroatoms. The summed E-state index contributed by atoms with van der Waals surface area (Å²) < 4.78 is 13.3. The molecule has 0 bridgehead atoms. The third kappa shape index (κ3) is 3.70. The van der Waals surface area contributed by atoms with Crippen molar-refractivity contribution in [2.75, 3.05) is 17.3 Å². The van der Waals surface area contributed by atoms with E-state index >= 15 is 0 Å². The van der Waals surface area contributed by atoms with Crippen molar-refractivity contribution < 1.29 is 4.39 Å². The standard InChI is InChI=1S/C16H20FN3/c1-16(2,3)19-14-9-6-10-15(18-14)20(4)13-8-5-7-12(17)11-13/h5-11H,1-4H3,(H,18,19). The highest BCUT2D eigenvalue weighted by atomic mass is 19.1. The van der Waals surface area contributed by atoms with Crippen LogP contribution in [0.25, 0.3) is 0 Å². The Morgan fingerprint density at radius 1 is 1.10 bits per heavy atom. The van der Waals surface area contributed by atoms with Gasteiger partial charge in [0.2, 0.25) is 0 Å². The van der Waals surface area contributed by atoms with Gasteiger partial charge in [0.1, 0.15) is 17.5 Å². The van der Waals surface area contributed by atoms with Gasteiger partial charge in [0.05, 0.1) is 0 Å². The first kappa shape index (κ1) is 14.3. The molecule has 1 N–H and O–H groups in total. The Labute approximate surface area is 119 Å². The predicted octanol–water partition coefficient (Wildman–Crippen LogP) is 4.20. The van der Waals surface area contributed by atoms with Crippen LogP contribution >= 0.6 is 0 Å². The highest BCUT2D eigenvalue weighted by Gasteiger charge is 2.12. The molecule has 1 aromatic carbocycles. The third-order valence-corrected chi connectivity index (χ3v) is 2.78. The van der Waals surface area contributed by atoms with Crippen LogP contribution in [0.15, 0.2) is 42.5 Å². The second-order valence-electron chi connectivity index (χ2n) is 5.79. The highest BCUT2D eigenvalue weighted by molar-refractivity contribution is 5.60. The molecule has 1 aromatic heterocycles. The molecular formula is C16H20FN3. The van der Waals surface area contributed by atoms with Gasteiger partial charge in [-0.1, -0.05) is 12.1 Å². The number of nitrogens with one attached hydrogen (secondary N) is 1. The summed E-state index contributed by atoms with van der Waals surface area (Å²) in [4.78, 5) is 6.41. The number of hydrogen-bond donors (Lipinski definition) is 1. The molecular weight excluding hydrogens is 253 g/mol. The molecule has 0 unspecified atom stereocenters. The maximum atomic E-state index is 13.3. The highest BCUT2D eigenvalue weighted by Crippen LogP contribution is 2.24. The lowest BCUT2D eigenvalue weighted by molar-refractivity contribution is 0.628. The Kier molecular flexibility index (Phi) is 3.93. The first-order chi connectivity index (χ1) is 9.35. The topological polar surface area (TPSA) is 28.2 Å². The molecule has 0 aliphatic carbocycles. The van der Waals surface area contributed by atoms with Gasteiger partial charge in [-0.3, -0.25) is 0 Å². The van der Waals surface area contributed by atoms with Gasteiger partial charge in [-0.15, -0.1) is 0 Å². The molecule has 0 aliphatic rings. The van der Waals surface area contributed by atoms with Crippen molar-refractivity contribution in [3.63, 3.8) is 0 Å². The third-order valence-electron chi connectivity index (χ3n) is 2.78. The van der Waals surface area contributed by atoms with Crippen molar-refractivity contribution in [3.05, 3.63) is 48.3 Å². The van der Waals surface area contributed by atoms with E-state index in [0.717, 1.165) is 17.3 Å². The first-order valence-electron chi connectivity index (χ1n) is 6.60. The van der Waals surface area contributed by atoms with Gasteiger partial charge in [-0.2, -0.15) is 0 Å². The number of benzene rings is 1. The minimum absolute atomic E-state index is 0.0525. The van der Waals surface area contributed by atoms with E-state index in [4.69, 9.17) is 0 Å². The van der Waals surface area contributed by atoms with E-state index in [1.807, 2.05) is 36.2 Å². The minimum atomic E-state index is -0.252. The van der Waals surface area contributed by atoms with Crippen molar-refractivity contribution >= 4 is 17.3 Å². The Morgan fingerprint density at radius 2 is 1.80 bits per heavy atom. The SMILES string of the molecule is CN(c1cccc(F)c1)c1cccc(NC(C)(C)C)n1. The molecule has 0 amide bonds. The van der Waals surface area contributed by atoms with E-state index < -0.39 is 0 Å². The fourth-order valence-corrected chi connectivity index (χ4v) is 1.88. The van der Waals surface area contributed by atoms with E-state index in [2.05, 4.69) is 31.1 Å². The molecule has 0 aliphatic heterocycles. The molecule has 2 aromatic rings. The molecule has 3 nitrogen and oxygen atoms in total. The second kappa shape index (κ2) is 5.49. The van der Waals surface area contributed by atoms with Crippen molar-refractivity contribution in [1.29, 1.82) is 0 Å². The van der Waals surface area contributed by atoms with E-state index in [1.54, 1.807) is 6.07 Å². The smallest absolute Gasteiger partial charge is 0.135 e. The lowest BCUT2D eigenvalue weighted by Crippen LogP contribution is -2.27. The molecule has 0 spiro atoms. The number of hydrogen-bond acceptors (Lipinski definition) is 3. The van der Waals surface area contributed by atoms with Gasteiger partial charge in [0.25, 0.3) is 0 Å². The summed E-state index contributed by atoms with van der Waals surface area (Å²) in [6.45, 7) is 6.24. The van der Waals surface area contributed by atoms with Crippen molar-refractivity contribution in [1.82, 2.24) is 4.98 Å². The van der Waals surface area contributed by atoms with E-state index in [0.29, 0.717) is 0 Å². The lowest BCUT2D eigenvalue weighted by Gasteiger charge is -2.23. The molecule has 2 rings (SSSR count). The van der Waals surface area contributed by atoms with Crippen molar-refractivity contribution in [2.24, 2.45) is 0 Å². The van der Waals surface area contributed by atoms with Crippen LogP contribution in [0.4, 0.5) is 21.7 Å². The Morgan fingerprint density at radius 3 is 2.45 bits per heavy atom. The van der Waals surface area contributed by atoms with Crippen LogP contribution in [-0.2, 0) is 0 Å². The molecule has 0 saturated carbocycles. The summed E-state index contributed by atoms with van der Waals surface area (Å²) in [5, 5.41) is 3.33. The van der Waals surface area contributed by atoms with Crippen LogP contribution < -0.4 is 10.2 Å². The zero-order chi connectivity index (χ0) is 14.8. The number of rotatable bonds is 3. The van der Waals surface area contributed by atoms with Crippen LogP contribution in [0.1, 0.15) is 20.8 Å². The summed E-state index contributed by atoms with van der Waals surface area (Å²) in [5.41, 5.74) is 0.716. The van der Waals surface area contributed by atoms with Crippen LogP contribution in [0.3, 0.4) is 0 Å². The normalized spacial score (nSPS) is 11.2. The maximum Gasteiger partial charge on any atom is 0.135 e. The number of aromatic nitrogens is 1. The van der Waals surface area contributed by atoms with Gasteiger partial charge in [-0.25, -0.2) is 9.37 Å². The van der Waals surface area contributed by atoms with Crippen LogP contribution in [0.2, 0.25) is 0 Å². The van der Waals surface area contributed by atoms with Gasteiger partial charge in [0, 0.05) is 18.3 Å². The summed E-state index contributed by atoms with van der Waals surface area (Å²) >= 11 is 0. The fraction of sp³-hybridized carbons (Fsp3) is 0.312. The molecule has 0 saturated heterocycles. The molecule has 0 radical (unpaired) electrons. The first-order valence-corrected chi connectivity index (χ1v) is 6.60. The van der Waals surface area contributed by atoms with Crippen molar-refractivity contribution in [2.45, 2.75) is 26.3 Å². The molecule has 0 fully saturated rings. The largest absolute Gasteiger partial charge is 0.365 e. The van der Waals surface area contributed by atoms with Gasteiger partial charge < -0.3 is 10.2 Å². The summed E-state index contributed by atoms with van der Waals surface area (Å²) in [6.07, 6.45) is 0. The quantitative estimate of drug-likeness (QED) is 0.908. The zero-order valence-electron chi connectivity index (χ0n) is 12.3. The number of pyridine rings is 1. The Balaban J connectivity index is 2.26. The summed E-state index contributed by atoms with van der Waals surface area (Å²) in [6, 6.07) is 12.2. The van der Waals surface area contributed by atoms with E-state index in [9.17, 15) is 4.39 Å². The van der Waals surface area contributed by atoms with Crippen molar-refractivity contribution in [3.8, 4) is 0 Å². The van der Waals surface area contributed by atoms with E-state index in [-0.39, 0.29) is 11.4 Å². The Bertz CT molecular complexity index is 590. The molecule has 20 heavy (non-hydrogen) atoms. The molecule has 0 atom stereocenters. The van der Waals surface area contributed by atoms with Gasteiger partial charge >= 0.3 is 0 Å². The van der Waals surface area contributed by atoms with Gasteiger partial charge in [0.15, 0.2) is 0 Å². The average molecular weight is 273 g/mol. The van der Waals surface area contributed by atoms with Gasteiger partial charge in [-0.05, 0) is 51.1 Å². The van der Waals surface area contributed by atoms with Crippen LogP contribution in [-0.4, -0.2) is 17.6 Å².